The summed E-state index contributed by atoms with van der Waals surface area (Å²) in [7, 11) is 0. The molecule has 2 saturated heterocycles. The van der Waals surface area contributed by atoms with E-state index in [0.717, 1.165) is 38.3 Å². The highest BCUT2D eigenvalue weighted by Gasteiger charge is 2.42. The molecule has 1 aromatic carbocycles. The quantitative estimate of drug-likeness (QED) is 0.809. The van der Waals surface area contributed by atoms with Crippen molar-refractivity contribution in [2.24, 2.45) is 0 Å². The van der Waals surface area contributed by atoms with Crippen LogP contribution in [0.4, 0.5) is 14.5 Å². The van der Waals surface area contributed by atoms with Crippen molar-refractivity contribution in [3.05, 3.63) is 29.8 Å². The summed E-state index contributed by atoms with van der Waals surface area (Å²) in [5.41, 5.74) is 1.39. The molecule has 2 amide bonds. The molecule has 148 valence electrons. The van der Waals surface area contributed by atoms with Gasteiger partial charge in [0.25, 0.3) is 5.92 Å². The minimum Gasteiger partial charge on any atom is -0.340 e. The van der Waals surface area contributed by atoms with Crippen molar-refractivity contribution in [2.45, 2.75) is 31.7 Å². The lowest BCUT2D eigenvalue weighted by molar-refractivity contribution is -0.132. The molecular weight excluding hydrogens is 354 g/mol. The molecule has 6 nitrogen and oxygen atoms in total. The Morgan fingerprint density at radius 1 is 1.19 bits per heavy atom. The average Bonchev–Trinajstić information content (AvgIpc) is 3.03. The minimum atomic E-state index is -2.84. The van der Waals surface area contributed by atoms with Crippen molar-refractivity contribution < 1.29 is 18.4 Å². The molecule has 0 spiro atoms. The molecule has 2 N–H and O–H groups in total. The van der Waals surface area contributed by atoms with Crippen molar-refractivity contribution in [3.8, 4) is 0 Å². The van der Waals surface area contributed by atoms with E-state index in [0.29, 0.717) is 12.1 Å². The van der Waals surface area contributed by atoms with Gasteiger partial charge in [0.1, 0.15) is 0 Å². The number of alkyl halides is 2. The molecule has 2 fully saturated rings. The number of nitrogens with zero attached hydrogens (tertiary/aromatic N) is 2. The highest BCUT2D eigenvalue weighted by Crippen LogP contribution is 2.25. The predicted molar refractivity (Wildman–Crippen MR) is 98.8 cm³/mol. The molecule has 0 aromatic heterocycles. The Bertz CT molecular complexity index is 673. The Kier molecular flexibility index (Phi) is 6.06. The van der Waals surface area contributed by atoms with Gasteiger partial charge < -0.3 is 15.1 Å². The molecule has 2 aliphatic rings. The lowest BCUT2D eigenvalue weighted by atomic mass is 10.1. The Morgan fingerprint density at radius 2 is 1.85 bits per heavy atom. The fourth-order valence-corrected chi connectivity index (χ4v) is 3.44. The topological polar surface area (TPSA) is 64.7 Å². The number of hydrogen-bond donors (Lipinski definition) is 2. The number of likely N-dealkylation sites (N-methyl/N-ethyl adjacent to an activating group) is 1. The van der Waals surface area contributed by atoms with Crippen LogP contribution < -0.4 is 10.6 Å². The molecule has 2 heterocycles. The van der Waals surface area contributed by atoms with E-state index >= 15 is 0 Å². The van der Waals surface area contributed by atoms with Crippen LogP contribution in [0.2, 0.25) is 0 Å². The molecule has 1 atom stereocenters. The summed E-state index contributed by atoms with van der Waals surface area (Å²) in [6.45, 7) is 5.95. The maximum atomic E-state index is 13.2. The van der Waals surface area contributed by atoms with Crippen LogP contribution >= 0.6 is 0 Å². The summed E-state index contributed by atoms with van der Waals surface area (Å²) in [5, 5.41) is 5.17. The van der Waals surface area contributed by atoms with Crippen LogP contribution in [0.1, 0.15) is 18.9 Å². The van der Waals surface area contributed by atoms with Crippen molar-refractivity contribution in [2.75, 3.05) is 44.6 Å². The number of carbonyl (C=O) groups excluding carboxylic acids is 2. The first kappa shape index (κ1) is 19.7. The lowest BCUT2D eigenvalue weighted by Gasteiger charge is -2.34. The fourth-order valence-electron chi connectivity index (χ4n) is 3.44. The summed E-state index contributed by atoms with van der Waals surface area (Å²) >= 11 is 0. The molecule has 2 aliphatic heterocycles. The van der Waals surface area contributed by atoms with Crippen LogP contribution in [-0.2, 0) is 16.0 Å². The van der Waals surface area contributed by atoms with Gasteiger partial charge in [-0.25, -0.2) is 8.78 Å². The minimum absolute atomic E-state index is 0.0972. The zero-order chi connectivity index (χ0) is 19.4. The van der Waals surface area contributed by atoms with E-state index in [2.05, 4.69) is 22.5 Å². The Balaban J connectivity index is 1.49. The standard InChI is InChI=1S/C19H26F2N4O2/c1-2-24-7-9-25(10-8-24)17(26)11-14-3-5-15(6-4-14)23-18(27)16-12-19(20,21)13-22-16/h3-6,16,22H,2,7-13H2,1H3,(H,23,27). The Labute approximate surface area is 157 Å². The van der Waals surface area contributed by atoms with E-state index < -0.39 is 30.8 Å². The maximum Gasteiger partial charge on any atom is 0.262 e. The van der Waals surface area contributed by atoms with E-state index in [1.165, 1.54) is 0 Å². The summed E-state index contributed by atoms with van der Waals surface area (Å²) in [4.78, 5) is 28.7. The molecule has 3 rings (SSSR count). The molecule has 1 aromatic rings. The van der Waals surface area contributed by atoms with Crippen molar-refractivity contribution in [1.82, 2.24) is 15.1 Å². The van der Waals surface area contributed by atoms with E-state index in [4.69, 9.17) is 0 Å². The second-order valence-corrected chi connectivity index (χ2v) is 7.17. The smallest absolute Gasteiger partial charge is 0.262 e. The molecule has 0 radical (unpaired) electrons. The van der Waals surface area contributed by atoms with Crippen molar-refractivity contribution >= 4 is 17.5 Å². The summed E-state index contributed by atoms with van der Waals surface area (Å²) in [6.07, 6.45) is -0.173. The third kappa shape index (κ3) is 5.23. The highest BCUT2D eigenvalue weighted by molar-refractivity contribution is 5.95. The molecule has 8 heteroatoms. The van der Waals surface area contributed by atoms with E-state index in [1.807, 2.05) is 4.90 Å². The van der Waals surface area contributed by atoms with Crippen LogP contribution in [0.25, 0.3) is 0 Å². The molecule has 1 unspecified atom stereocenters. The van der Waals surface area contributed by atoms with Gasteiger partial charge in [-0.3, -0.25) is 14.9 Å². The van der Waals surface area contributed by atoms with Gasteiger partial charge in [-0.15, -0.1) is 0 Å². The fraction of sp³-hybridized carbons (Fsp3) is 0.579. The molecule has 0 aliphatic carbocycles. The number of rotatable bonds is 5. The lowest BCUT2D eigenvalue weighted by Crippen LogP contribution is -2.48. The highest BCUT2D eigenvalue weighted by atomic mass is 19.3. The van der Waals surface area contributed by atoms with Gasteiger partial charge in [-0.1, -0.05) is 19.1 Å². The molecular formula is C19H26F2N4O2. The van der Waals surface area contributed by atoms with Gasteiger partial charge >= 0.3 is 0 Å². The van der Waals surface area contributed by atoms with Crippen LogP contribution in [0.5, 0.6) is 0 Å². The second-order valence-electron chi connectivity index (χ2n) is 7.17. The van der Waals surface area contributed by atoms with Gasteiger partial charge in [0.15, 0.2) is 0 Å². The summed E-state index contributed by atoms with van der Waals surface area (Å²) < 4.78 is 26.4. The van der Waals surface area contributed by atoms with Crippen LogP contribution in [0.15, 0.2) is 24.3 Å². The number of halogens is 2. The maximum absolute atomic E-state index is 13.2. The van der Waals surface area contributed by atoms with Crippen LogP contribution in [-0.4, -0.2) is 72.8 Å². The number of piperazine rings is 1. The van der Waals surface area contributed by atoms with Crippen LogP contribution in [0.3, 0.4) is 0 Å². The summed E-state index contributed by atoms with van der Waals surface area (Å²) in [6, 6.07) is 6.08. The zero-order valence-electron chi connectivity index (χ0n) is 15.5. The first-order chi connectivity index (χ1) is 12.9. The third-order valence-corrected chi connectivity index (χ3v) is 5.18. The normalized spacial score (nSPS) is 22.6. The van der Waals surface area contributed by atoms with E-state index in [1.54, 1.807) is 24.3 Å². The van der Waals surface area contributed by atoms with Gasteiger partial charge in [-0.05, 0) is 24.2 Å². The molecule has 27 heavy (non-hydrogen) atoms. The monoisotopic (exact) mass is 380 g/mol. The predicted octanol–water partition coefficient (Wildman–Crippen LogP) is 1.33. The first-order valence-corrected chi connectivity index (χ1v) is 9.37. The number of amides is 2. The third-order valence-electron chi connectivity index (χ3n) is 5.18. The number of carbonyl (C=O) groups is 2. The molecule has 0 bridgehead atoms. The van der Waals surface area contributed by atoms with Crippen LogP contribution in [0, 0.1) is 0 Å². The van der Waals surface area contributed by atoms with Crippen molar-refractivity contribution in [3.63, 3.8) is 0 Å². The number of benzene rings is 1. The Morgan fingerprint density at radius 3 is 2.41 bits per heavy atom. The summed E-state index contributed by atoms with van der Waals surface area (Å²) in [5.74, 6) is -3.21. The zero-order valence-corrected chi connectivity index (χ0v) is 15.5. The second kappa shape index (κ2) is 8.31. The SMILES string of the molecule is CCN1CCN(C(=O)Cc2ccc(NC(=O)C3CC(F)(F)CN3)cc2)CC1. The van der Waals surface area contributed by atoms with Gasteiger partial charge in [0, 0.05) is 38.3 Å². The van der Waals surface area contributed by atoms with Gasteiger partial charge in [0.2, 0.25) is 11.8 Å². The van der Waals surface area contributed by atoms with E-state index in [-0.39, 0.29) is 5.91 Å². The largest absolute Gasteiger partial charge is 0.340 e. The Hall–Kier alpha value is -2.06. The van der Waals surface area contributed by atoms with Crippen molar-refractivity contribution in [1.29, 1.82) is 0 Å². The molecule has 0 saturated carbocycles. The number of nitrogens with one attached hydrogen (secondary N) is 2. The number of hydrogen-bond acceptors (Lipinski definition) is 4. The van der Waals surface area contributed by atoms with Gasteiger partial charge in [0.05, 0.1) is 19.0 Å². The first-order valence-electron chi connectivity index (χ1n) is 9.37. The number of anilines is 1. The average molecular weight is 380 g/mol. The van der Waals surface area contributed by atoms with Gasteiger partial charge in [-0.2, -0.15) is 0 Å². The van der Waals surface area contributed by atoms with E-state index in [9.17, 15) is 18.4 Å².